The van der Waals surface area contributed by atoms with Gasteiger partial charge in [-0.05, 0) is 39.0 Å². The summed E-state index contributed by atoms with van der Waals surface area (Å²) >= 11 is 0. The standard InChI is InChI=1S/C12H24O/c1-7-11(8-2)10(3)9-13-12(4,5)6/h7,10-11H,1,8-9H2,2-6H3. The summed E-state index contributed by atoms with van der Waals surface area (Å²) in [6, 6.07) is 0. The molecular weight excluding hydrogens is 160 g/mol. The second-order valence-corrected chi connectivity index (χ2v) is 4.71. The second-order valence-electron chi connectivity index (χ2n) is 4.71. The van der Waals surface area contributed by atoms with Gasteiger partial charge in [0.25, 0.3) is 0 Å². The van der Waals surface area contributed by atoms with Crippen molar-refractivity contribution >= 4 is 0 Å². The van der Waals surface area contributed by atoms with Crippen LogP contribution in [0.5, 0.6) is 0 Å². The van der Waals surface area contributed by atoms with Crippen LogP contribution in [-0.4, -0.2) is 12.2 Å². The highest BCUT2D eigenvalue weighted by Crippen LogP contribution is 2.19. The van der Waals surface area contributed by atoms with Gasteiger partial charge in [0.2, 0.25) is 0 Å². The van der Waals surface area contributed by atoms with Gasteiger partial charge < -0.3 is 4.74 Å². The van der Waals surface area contributed by atoms with Gasteiger partial charge in [-0.3, -0.25) is 0 Å². The van der Waals surface area contributed by atoms with Crippen molar-refractivity contribution in [3.8, 4) is 0 Å². The fraction of sp³-hybridized carbons (Fsp3) is 0.833. The Morgan fingerprint density at radius 2 is 1.92 bits per heavy atom. The summed E-state index contributed by atoms with van der Waals surface area (Å²) in [6.45, 7) is 15.4. The summed E-state index contributed by atoms with van der Waals surface area (Å²) in [7, 11) is 0. The Morgan fingerprint density at radius 1 is 1.38 bits per heavy atom. The van der Waals surface area contributed by atoms with Gasteiger partial charge in [-0.25, -0.2) is 0 Å². The first kappa shape index (κ1) is 12.7. The van der Waals surface area contributed by atoms with Crippen LogP contribution in [-0.2, 0) is 4.74 Å². The third-order valence-electron chi connectivity index (χ3n) is 2.28. The average molecular weight is 184 g/mol. The van der Waals surface area contributed by atoms with Gasteiger partial charge >= 0.3 is 0 Å². The second kappa shape index (κ2) is 5.43. The average Bonchev–Trinajstić information content (AvgIpc) is 2.02. The number of allylic oxidation sites excluding steroid dienone is 1. The van der Waals surface area contributed by atoms with Crippen LogP contribution in [0.1, 0.15) is 41.0 Å². The van der Waals surface area contributed by atoms with Crippen LogP contribution in [0.3, 0.4) is 0 Å². The van der Waals surface area contributed by atoms with Crippen molar-refractivity contribution < 1.29 is 4.74 Å². The van der Waals surface area contributed by atoms with E-state index in [0.717, 1.165) is 13.0 Å². The van der Waals surface area contributed by atoms with Crippen molar-refractivity contribution in [2.24, 2.45) is 11.8 Å². The first-order valence-electron chi connectivity index (χ1n) is 5.17. The normalized spacial score (nSPS) is 16.7. The van der Waals surface area contributed by atoms with Gasteiger partial charge in [0.1, 0.15) is 0 Å². The van der Waals surface area contributed by atoms with Crippen LogP contribution in [0.25, 0.3) is 0 Å². The minimum Gasteiger partial charge on any atom is -0.376 e. The topological polar surface area (TPSA) is 9.23 Å². The smallest absolute Gasteiger partial charge is 0.0598 e. The Hall–Kier alpha value is -0.300. The Morgan fingerprint density at radius 3 is 2.23 bits per heavy atom. The molecular formula is C12H24O. The van der Waals surface area contributed by atoms with E-state index in [1.54, 1.807) is 0 Å². The molecule has 0 heterocycles. The van der Waals surface area contributed by atoms with Gasteiger partial charge in [-0.1, -0.05) is 19.9 Å². The maximum absolute atomic E-state index is 5.73. The van der Waals surface area contributed by atoms with Gasteiger partial charge in [0.05, 0.1) is 12.2 Å². The summed E-state index contributed by atoms with van der Waals surface area (Å²) in [5.41, 5.74) is -0.0201. The molecule has 0 amide bonds. The van der Waals surface area contributed by atoms with Crippen molar-refractivity contribution in [3.63, 3.8) is 0 Å². The van der Waals surface area contributed by atoms with Gasteiger partial charge in [0, 0.05) is 0 Å². The Labute approximate surface area is 83.2 Å². The van der Waals surface area contributed by atoms with E-state index >= 15 is 0 Å². The molecule has 0 fully saturated rings. The van der Waals surface area contributed by atoms with Crippen molar-refractivity contribution in [2.75, 3.05) is 6.61 Å². The lowest BCUT2D eigenvalue weighted by atomic mass is 9.92. The number of hydrogen-bond acceptors (Lipinski definition) is 1. The van der Waals surface area contributed by atoms with Crippen LogP contribution in [0, 0.1) is 11.8 Å². The number of hydrogen-bond donors (Lipinski definition) is 0. The van der Waals surface area contributed by atoms with E-state index in [2.05, 4.69) is 41.2 Å². The maximum atomic E-state index is 5.73. The lowest BCUT2D eigenvalue weighted by Gasteiger charge is -2.25. The van der Waals surface area contributed by atoms with E-state index in [1.807, 2.05) is 6.08 Å². The largest absolute Gasteiger partial charge is 0.376 e. The molecule has 0 aromatic carbocycles. The monoisotopic (exact) mass is 184 g/mol. The molecule has 0 bridgehead atoms. The zero-order valence-electron chi connectivity index (χ0n) is 9.76. The van der Waals surface area contributed by atoms with Crippen LogP contribution in [0.4, 0.5) is 0 Å². The van der Waals surface area contributed by atoms with E-state index in [4.69, 9.17) is 4.74 Å². The summed E-state index contributed by atoms with van der Waals surface area (Å²) in [6.07, 6.45) is 3.19. The van der Waals surface area contributed by atoms with E-state index in [0.29, 0.717) is 11.8 Å². The van der Waals surface area contributed by atoms with Gasteiger partial charge in [-0.15, -0.1) is 6.58 Å². The lowest BCUT2D eigenvalue weighted by Crippen LogP contribution is -2.25. The molecule has 0 aliphatic carbocycles. The highest BCUT2D eigenvalue weighted by atomic mass is 16.5. The molecule has 0 aromatic rings. The van der Waals surface area contributed by atoms with Crippen LogP contribution >= 0.6 is 0 Å². The molecule has 1 heteroatoms. The minimum atomic E-state index is -0.0201. The summed E-state index contributed by atoms with van der Waals surface area (Å²) < 4.78 is 5.73. The quantitative estimate of drug-likeness (QED) is 0.593. The van der Waals surface area contributed by atoms with E-state index < -0.39 is 0 Å². The summed E-state index contributed by atoms with van der Waals surface area (Å²) in [5, 5.41) is 0. The molecule has 0 saturated carbocycles. The lowest BCUT2D eigenvalue weighted by molar-refractivity contribution is -0.0257. The highest BCUT2D eigenvalue weighted by molar-refractivity contribution is 4.82. The summed E-state index contributed by atoms with van der Waals surface area (Å²) in [4.78, 5) is 0. The van der Waals surface area contributed by atoms with E-state index in [9.17, 15) is 0 Å². The molecule has 0 spiro atoms. The molecule has 0 saturated heterocycles. The molecule has 0 rings (SSSR count). The first-order chi connectivity index (χ1) is 5.90. The molecule has 1 nitrogen and oxygen atoms in total. The van der Waals surface area contributed by atoms with Gasteiger partial charge in [0.15, 0.2) is 0 Å². The van der Waals surface area contributed by atoms with Crippen LogP contribution in [0.15, 0.2) is 12.7 Å². The SMILES string of the molecule is C=CC(CC)C(C)COC(C)(C)C. The fourth-order valence-electron chi connectivity index (χ4n) is 1.31. The minimum absolute atomic E-state index is 0.0201. The molecule has 0 N–H and O–H groups in total. The van der Waals surface area contributed by atoms with Crippen molar-refractivity contribution in [1.82, 2.24) is 0 Å². The third-order valence-corrected chi connectivity index (χ3v) is 2.28. The molecule has 0 radical (unpaired) electrons. The molecule has 2 atom stereocenters. The summed E-state index contributed by atoms with van der Waals surface area (Å²) in [5.74, 6) is 1.16. The maximum Gasteiger partial charge on any atom is 0.0598 e. The number of ether oxygens (including phenoxy) is 1. The van der Waals surface area contributed by atoms with Gasteiger partial charge in [-0.2, -0.15) is 0 Å². The predicted molar refractivity (Wildman–Crippen MR) is 58.8 cm³/mol. The Bertz CT molecular complexity index is 144. The molecule has 0 aromatic heterocycles. The van der Waals surface area contributed by atoms with Crippen molar-refractivity contribution in [3.05, 3.63) is 12.7 Å². The Kier molecular flexibility index (Phi) is 5.31. The predicted octanol–water partition coefficient (Wildman–Crippen LogP) is 3.65. The van der Waals surface area contributed by atoms with Crippen molar-refractivity contribution in [1.29, 1.82) is 0 Å². The van der Waals surface area contributed by atoms with Crippen LogP contribution in [0.2, 0.25) is 0 Å². The number of rotatable bonds is 5. The molecule has 13 heavy (non-hydrogen) atoms. The first-order valence-corrected chi connectivity index (χ1v) is 5.17. The third kappa shape index (κ3) is 5.87. The van der Waals surface area contributed by atoms with Crippen LogP contribution < -0.4 is 0 Å². The molecule has 0 aliphatic heterocycles. The zero-order valence-corrected chi connectivity index (χ0v) is 9.76. The highest BCUT2D eigenvalue weighted by Gasteiger charge is 2.16. The van der Waals surface area contributed by atoms with E-state index in [-0.39, 0.29) is 5.60 Å². The Balaban J connectivity index is 3.85. The fourth-order valence-corrected chi connectivity index (χ4v) is 1.31. The molecule has 78 valence electrons. The molecule has 2 unspecified atom stereocenters. The molecule has 0 aliphatic rings. The van der Waals surface area contributed by atoms with E-state index in [1.165, 1.54) is 0 Å². The zero-order chi connectivity index (χ0) is 10.5. The van der Waals surface area contributed by atoms with Crippen molar-refractivity contribution in [2.45, 2.75) is 46.6 Å².